The maximum atomic E-state index is 11.8. The fourth-order valence-corrected chi connectivity index (χ4v) is 0.378. The van der Waals surface area contributed by atoms with Crippen LogP contribution in [0.3, 0.4) is 0 Å². The van der Waals surface area contributed by atoms with Crippen LogP contribution in [0.25, 0.3) is 0 Å². The molecule has 0 aliphatic carbocycles. The first-order valence-electron chi connectivity index (χ1n) is 2.83. The molecule has 0 aliphatic heterocycles. The van der Waals surface area contributed by atoms with Crippen LogP contribution >= 0.6 is 0 Å². The fourth-order valence-electron chi connectivity index (χ4n) is 0.378. The van der Waals surface area contributed by atoms with E-state index >= 15 is 0 Å². The zero-order chi connectivity index (χ0) is 7.28. The summed E-state index contributed by atoms with van der Waals surface area (Å²) in [7, 11) is 0. The van der Waals surface area contributed by atoms with Crippen molar-refractivity contribution >= 4 is 0 Å². The monoisotopic (exact) mass is 133 g/mol. The molecule has 0 aromatic heterocycles. The van der Waals surface area contributed by atoms with E-state index in [0.29, 0.717) is 0 Å². The summed E-state index contributed by atoms with van der Waals surface area (Å²) in [5.41, 5.74) is 5.56. The molecule has 0 saturated heterocycles. The molecular formula is C6H12FNO. The predicted molar refractivity (Wildman–Crippen MR) is 34.5 cm³/mol. The van der Waals surface area contributed by atoms with E-state index < -0.39 is 6.30 Å². The van der Waals surface area contributed by atoms with Crippen LogP contribution < -0.4 is 5.73 Å². The summed E-state index contributed by atoms with van der Waals surface area (Å²) < 4.78 is 11.8. The zero-order valence-electron chi connectivity index (χ0n) is 5.47. The third-order valence-electron chi connectivity index (χ3n) is 0.941. The highest BCUT2D eigenvalue weighted by Gasteiger charge is 1.93. The third-order valence-corrected chi connectivity index (χ3v) is 0.941. The van der Waals surface area contributed by atoms with Crippen LogP contribution in [0.2, 0.25) is 0 Å². The second kappa shape index (κ2) is 4.47. The molecule has 1 unspecified atom stereocenters. The second-order valence-corrected chi connectivity index (χ2v) is 1.96. The van der Waals surface area contributed by atoms with E-state index in [1.165, 1.54) is 0 Å². The molecule has 3 heteroatoms. The van der Waals surface area contributed by atoms with Gasteiger partial charge in [0.05, 0.1) is 6.61 Å². The lowest BCUT2D eigenvalue weighted by atomic mass is 10.2. The van der Waals surface area contributed by atoms with E-state index in [0.717, 1.165) is 5.57 Å². The average molecular weight is 133 g/mol. The Bertz CT molecular complexity index is 101. The summed E-state index contributed by atoms with van der Waals surface area (Å²) in [6.45, 7) is 1.70. The van der Waals surface area contributed by atoms with Crippen molar-refractivity contribution in [3.05, 3.63) is 11.6 Å². The Kier molecular flexibility index (Phi) is 4.26. The van der Waals surface area contributed by atoms with Gasteiger partial charge in [-0.3, -0.25) is 0 Å². The van der Waals surface area contributed by atoms with Crippen molar-refractivity contribution in [3.63, 3.8) is 0 Å². The molecule has 0 amide bonds. The number of hydrogen-bond acceptors (Lipinski definition) is 2. The van der Waals surface area contributed by atoms with Gasteiger partial charge in [-0.15, -0.1) is 0 Å². The quantitative estimate of drug-likeness (QED) is 0.436. The summed E-state index contributed by atoms with van der Waals surface area (Å²) in [5, 5.41) is 8.42. The van der Waals surface area contributed by atoms with Crippen molar-refractivity contribution in [1.29, 1.82) is 0 Å². The standard InChI is InChI=1S/C6H12FNO/c1-5(4-9)2-3-6(7)8/h2,6,9H,3-4,8H2,1H3/b5-2+. The van der Waals surface area contributed by atoms with Crippen molar-refractivity contribution in [2.45, 2.75) is 19.6 Å². The highest BCUT2D eigenvalue weighted by molar-refractivity contribution is 4.97. The maximum absolute atomic E-state index is 11.8. The molecule has 0 rings (SSSR count). The highest BCUT2D eigenvalue weighted by atomic mass is 19.1. The molecule has 0 aromatic carbocycles. The molecule has 9 heavy (non-hydrogen) atoms. The lowest BCUT2D eigenvalue weighted by molar-refractivity contribution is 0.326. The van der Waals surface area contributed by atoms with E-state index in [1.807, 2.05) is 0 Å². The van der Waals surface area contributed by atoms with Crippen LogP contribution in [0.15, 0.2) is 11.6 Å². The Morgan fingerprint density at radius 1 is 1.89 bits per heavy atom. The molecule has 0 spiro atoms. The van der Waals surface area contributed by atoms with Crippen LogP contribution in [-0.2, 0) is 0 Å². The number of rotatable bonds is 3. The summed E-state index contributed by atoms with van der Waals surface area (Å²) in [5.74, 6) is 0. The Morgan fingerprint density at radius 3 is 2.78 bits per heavy atom. The fraction of sp³-hybridized carbons (Fsp3) is 0.667. The number of aliphatic hydroxyl groups is 1. The van der Waals surface area contributed by atoms with Crippen molar-refractivity contribution in [3.8, 4) is 0 Å². The van der Waals surface area contributed by atoms with Crippen molar-refractivity contribution in [2.75, 3.05) is 6.61 Å². The Hall–Kier alpha value is -0.410. The second-order valence-electron chi connectivity index (χ2n) is 1.96. The van der Waals surface area contributed by atoms with E-state index in [4.69, 9.17) is 10.8 Å². The minimum atomic E-state index is -1.30. The first-order chi connectivity index (χ1) is 4.16. The lowest BCUT2D eigenvalue weighted by Crippen LogP contribution is -2.11. The first kappa shape index (κ1) is 8.59. The molecule has 0 aliphatic rings. The topological polar surface area (TPSA) is 46.2 Å². The van der Waals surface area contributed by atoms with Gasteiger partial charge < -0.3 is 10.8 Å². The Balaban J connectivity index is 3.43. The maximum Gasteiger partial charge on any atom is 0.152 e. The molecule has 0 bridgehead atoms. The number of hydrogen-bond donors (Lipinski definition) is 2. The minimum absolute atomic E-state index is 0.0211. The van der Waals surface area contributed by atoms with Gasteiger partial charge in [0, 0.05) is 6.42 Å². The van der Waals surface area contributed by atoms with Crippen molar-refractivity contribution in [1.82, 2.24) is 0 Å². The van der Waals surface area contributed by atoms with Crippen molar-refractivity contribution < 1.29 is 9.50 Å². The van der Waals surface area contributed by atoms with Crippen LogP contribution in [0.5, 0.6) is 0 Å². The van der Waals surface area contributed by atoms with Gasteiger partial charge in [0.1, 0.15) is 0 Å². The number of nitrogens with two attached hydrogens (primary N) is 1. The van der Waals surface area contributed by atoms with Gasteiger partial charge in [0.2, 0.25) is 0 Å². The SMILES string of the molecule is C/C(=C\CC(N)F)CO. The largest absolute Gasteiger partial charge is 0.392 e. The molecule has 0 heterocycles. The van der Waals surface area contributed by atoms with Crippen LogP contribution in [0.4, 0.5) is 4.39 Å². The van der Waals surface area contributed by atoms with Gasteiger partial charge in [-0.1, -0.05) is 11.6 Å². The van der Waals surface area contributed by atoms with Gasteiger partial charge in [-0.25, -0.2) is 4.39 Å². The average Bonchev–Trinajstić information content (AvgIpc) is 1.83. The van der Waals surface area contributed by atoms with Gasteiger partial charge >= 0.3 is 0 Å². The summed E-state index contributed by atoms with van der Waals surface area (Å²) in [4.78, 5) is 0. The zero-order valence-corrected chi connectivity index (χ0v) is 5.47. The number of aliphatic hydroxyl groups excluding tert-OH is 1. The van der Waals surface area contributed by atoms with Gasteiger partial charge in [0.25, 0.3) is 0 Å². The normalized spacial score (nSPS) is 15.8. The number of halogens is 1. The van der Waals surface area contributed by atoms with Crippen LogP contribution in [-0.4, -0.2) is 18.0 Å². The lowest BCUT2D eigenvalue weighted by Gasteiger charge is -1.96. The smallest absolute Gasteiger partial charge is 0.152 e. The summed E-state index contributed by atoms with van der Waals surface area (Å²) >= 11 is 0. The minimum Gasteiger partial charge on any atom is -0.392 e. The first-order valence-corrected chi connectivity index (χ1v) is 2.83. The molecule has 2 nitrogen and oxygen atoms in total. The van der Waals surface area contributed by atoms with Crippen molar-refractivity contribution in [2.24, 2.45) is 5.73 Å². The molecule has 0 aromatic rings. The van der Waals surface area contributed by atoms with Gasteiger partial charge in [-0.2, -0.15) is 0 Å². The molecule has 0 fully saturated rings. The Labute approximate surface area is 54.2 Å². The molecular weight excluding hydrogens is 121 g/mol. The predicted octanol–water partition coefficient (Wildman–Crippen LogP) is 0.569. The summed E-state index contributed by atoms with van der Waals surface area (Å²) in [6, 6.07) is 0. The Morgan fingerprint density at radius 2 is 2.44 bits per heavy atom. The molecule has 0 saturated carbocycles. The van der Waals surface area contributed by atoms with Gasteiger partial charge in [0.15, 0.2) is 6.30 Å². The molecule has 3 N–H and O–H groups in total. The third kappa shape index (κ3) is 5.46. The molecule has 0 radical (unpaired) electrons. The van der Waals surface area contributed by atoms with Gasteiger partial charge in [-0.05, 0) is 6.92 Å². The molecule has 1 atom stereocenters. The number of alkyl halides is 1. The van der Waals surface area contributed by atoms with Crippen LogP contribution in [0.1, 0.15) is 13.3 Å². The highest BCUT2D eigenvalue weighted by Crippen LogP contribution is 1.96. The van der Waals surface area contributed by atoms with E-state index in [1.54, 1.807) is 13.0 Å². The van der Waals surface area contributed by atoms with E-state index in [9.17, 15) is 4.39 Å². The van der Waals surface area contributed by atoms with E-state index in [-0.39, 0.29) is 13.0 Å². The molecule has 54 valence electrons. The summed E-state index contributed by atoms with van der Waals surface area (Å²) in [6.07, 6.45) is 0.475. The van der Waals surface area contributed by atoms with E-state index in [2.05, 4.69) is 0 Å². The van der Waals surface area contributed by atoms with Crippen LogP contribution in [0, 0.1) is 0 Å².